The van der Waals surface area contributed by atoms with Crippen molar-refractivity contribution in [3.63, 3.8) is 0 Å². The first-order chi connectivity index (χ1) is 8.88. The summed E-state index contributed by atoms with van der Waals surface area (Å²) in [6.45, 7) is 0. The lowest BCUT2D eigenvalue weighted by atomic mass is 10.2. The van der Waals surface area contributed by atoms with E-state index in [9.17, 15) is 8.78 Å². The number of rotatable bonds is 2. The molecule has 0 unspecified atom stereocenters. The van der Waals surface area contributed by atoms with E-state index in [1.165, 1.54) is 12.1 Å². The first-order valence-electron chi connectivity index (χ1n) is 4.95. The van der Waals surface area contributed by atoms with Crippen molar-refractivity contribution in [2.45, 2.75) is 0 Å². The van der Waals surface area contributed by atoms with Gasteiger partial charge in [-0.1, -0.05) is 23.2 Å². The Morgan fingerprint density at radius 2 is 1.68 bits per heavy atom. The van der Waals surface area contributed by atoms with Crippen LogP contribution in [0.5, 0.6) is 11.5 Å². The molecule has 2 aromatic carbocycles. The Bertz CT molecular complexity index is 652. The number of ether oxygens (including phenoxy) is 1. The van der Waals surface area contributed by atoms with Gasteiger partial charge in [0.15, 0.2) is 11.6 Å². The van der Waals surface area contributed by atoms with Crippen molar-refractivity contribution in [2.24, 2.45) is 0 Å². The van der Waals surface area contributed by atoms with Gasteiger partial charge < -0.3 is 10.5 Å². The number of hydrogen-bond acceptors (Lipinski definition) is 2. The molecule has 7 heteroatoms. The van der Waals surface area contributed by atoms with Crippen molar-refractivity contribution in [3.05, 3.63) is 50.4 Å². The van der Waals surface area contributed by atoms with Crippen LogP contribution in [0, 0.1) is 11.6 Å². The molecule has 0 amide bonds. The van der Waals surface area contributed by atoms with Crippen molar-refractivity contribution in [1.82, 2.24) is 0 Å². The minimum atomic E-state index is -0.908. The molecule has 2 N–H and O–H groups in total. The number of halogens is 5. The van der Waals surface area contributed by atoms with E-state index in [0.717, 1.165) is 6.07 Å². The molecule has 0 spiro atoms. The Morgan fingerprint density at radius 3 is 2.37 bits per heavy atom. The Hall–Kier alpha value is -1.04. The smallest absolute Gasteiger partial charge is 0.156 e. The summed E-state index contributed by atoms with van der Waals surface area (Å²) >= 11 is 15.0. The van der Waals surface area contributed by atoms with Gasteiger partial charge in [0.25, 0.3) is 0 Å². The molecule has 2 aromatic rings. The van der Waals surface area contributed by atoms with Gasteiger partial charge in [0.2, 0.25) is 0 Å². The third-order valence-corrected chi connectivity index (χ3v) is 3.74. The van der Waals surface area contributed by atoms with Crippen molar-refractivity contribution in [1.29, 1.82) is 0 Å². The van der Waals surface area contributed by atoms with Crippen LogP contribution >= 0.6 is 39.1 Å². The van der Waals surface area contributed by atoms with Crippen LogP contribution in [0.1, 0.15) is 0 Å². The molecule has 0 bridgehead atoms. The average Bonchev–Trinajstić information content (AvgIpc) is 2.32. The van der Waals surface area contributed by atoms with E-state index < -0.39 is 11.6 Å². The highest BCUT2D eigenvalue weighted by Gasteiger charge is 2.13. The van der Waals surface area contributed by atoms with Gasteiger partial charge in [0, 0.05) is 22.7 Å². The minimum Gasteiger partial charge on any atom is -0.453 e. The molecular formula is C12H6BrCl2F2NO. The highest BCUT2D eigenvalue weighted by atomic mass is 79.9. The predicted molar refractivity (Wildman–Crippen MR) is 75.0 cm³/mol. The van der Waals surface area contributed by atoms with Gasteiger partial charge in [0.05, 0.1) is 10.0 Å². The number of benzene rings is 2. The molecular weight excluding hydrogens is 363 g/mol. The fraction of sp³-hybridized carbons (Fsp3) is 0. The van der Waals surface area contributed by atoms with Gasteiger partial charge in [0.1, 0.15) is 17.3 Å². The van der Waals surface area contributed by atoms with Gasteiger partial charge in [-0.2, -0.15) is 0 Å². The Kier molecular flexibility index (Phi) is 4.18. The summed E-state index contributed by atoms with van der Waals surface area (Å²) in [5.41, 5.74) is 5.16. The van der Waals surface area contributed by atoms with Gasteiger partial charge in [-0.15, -0.1) is 0 Å². The van der Waals surface area contributed by atoms with Gasteiger partial charge >= 0.3 is 0 Å². The molecule has 0 aliphatic rings. The summed E-state index contributed by atoms with van der Waals surface area (Å²) in [4.78, 5) is 0. The largest absolute Gasteiger partial charge is 0.453 e. The average molecular weight is 369 g/mol. The molecule has 0 aliphatic carbocycles. The molecule has 100 valence electrons. The fourth-order valence-electron chi connectivity index (χ4n) is 1.35. The molecule has 0 saturated heterocycles. The lowest BCUT2D eigenvalue weighted by molar-refractivity contribution is 0.472. The van der Waals surface area contributed by atoms with Crippen LogP contribution in [0.15, 0.2) is 28.7 Å². The molecule has 0 atom stereocenters. The molecule has 0 radical (unpaired) electrons. The van der Waals surface area contributed by atoms with E-state index in [4.69, 9.17) is 33.7 Å². The lowest BCUT2D eigenvalue weighted by Gasteiger charge is -2.11. The standard InChI is InChI=1S/C12H6BrCl2F2NO/c13-6-3-8(15)10(4-7(6)14)19-11-2-5(16)1-9(17)12(11)18/h1-4H,18H2. The number of nitrogens with two attached hydrogens (primary N) is 1. The number of nitrogen functional groups attached to an aromatic ring is 1. The maximum Gasteiger partial charge on any atom is 0.156 e. The monoisotopic (exact) mass is 367 g/mol. The van der Waals surface area contributed by atoms with Crippen LogP contribution in [-0.2, 0) is 0 Å². The lowest BCUT2D eigenvalue weighted by Crippen LogP contribution is -1.97. The summed E-state index contributed by atoms with van der Waals surface area (Å²) in [6, 6.07) is 4.55. The molecule has 2 nitrogen and oxygen atoms in total. The van der Waals surface area contributed by atoms with Crippen LogP contribution in [-0.4, -0.2) is 0 Å². The van der Waals surface area contributed by atoms with E-state index in [1.807, 2.05) is 0 Å². The Morgan fingerprint density at radius 1 is 1.00 bits per heavy atom. The second-order valence-electron chi connectivity index (χ2n) is 3.60. The predicted octanol–water partition coefficient (Wildman–Crippen LogP) is 5.41. The van der Waals surface area contributed by atoms with Gasteiger partial charge in [-0.25, -0.2) is 8.78 Å². The van der Waals surface area contributed by atoms with Gasteiger partial charge in [-0.05, 0) is 22.0 Å². The number of anilines is 1. The van der Waals surface area contributed by atoms with E-state index >= 15 is 0 Å². The first kappa shape index (κ1) is 14.4. The number of hydrogen-bond donors (Lipinski definition) is 1. The minimum absolute atomic E-state index is 0.145. The molecule has 0 saturated carbocycles. The maximum absolute atomic E-state index is 13.3. The zero-order valence-electron chi connectivity index (χ0n) is 9.18. The Balaban J connectivity index is 2.44. The summed E-state index contributed by atoms with van der Waals surface area (Å²) in [7, 11) is 0. The maximum atomic E-state index is 13.3. The van der Waals surface area contributed by atoms with Crippen molar-refractivity contribution >= 4 is 44.8 Å². The van der Waals surface area contributed by atoms with E-state index in [0.29, 0.717) is 15.6 Å². The van der Waals surface area contributed by atoms with Crippen LogP contribution in [0.2, 0.25) is 10.0 Å². The van der Waals surface area contributed by atoms with Crippen molar-refractivity contribution < 1.29 is 13.5 Å². The summed E-state index contributed by atoms with van der Waals surface area (Å²) in [5.74, 6) is -1.74. The summed E-state index contributed by atoms with van der Waals surface area (Å²) in [6.07, 6.45) is 0. The molecule has 19 heavy (non-hydrogen) atoms. The van der Waals surface area contributed by atoms with E-state index in [2.05, 4.69) is 15.9 Å². The molecule has 0 heterocycles. The second-order valence-corrected chi connectivity index (χ2v) is 5.27. The fourth-order valence-corrected chi connectivity index (χ4v) is 2.18. The zero-order valence-corrected chi connectivity index (χ0v) is 12.3. The van der Waals surface area contributed by atoms with Crippen molar-refractivity contribution in [2.75, 3.05) is 5.73 Å². The first-order valence-corrected chi connectivity index (χ1v) is 6.50. The van der Waals surface area contributed by atoms with Crippen molar-refractivity contribution in [3.8, 4) is 11.5 Å². The SMILES string of the molecule is Nc1c(F)cc(F)cc1Oc1cc(Cl)c(Br)cc1Cl. The third-order valence-electron chi connectivity index (χ3n) is 2.25. The molecule has 0 fully saturated rings. The van der Waals surface area contributed by atoms with Crippen LogP contribution in [0.4, 0.5) is 14.5 Å². The second kappa shape index (κ2) is 5.53. The summed E-state index contributed by atoms with van der Waals surface area (Å²) in [5, 5.41) is 0.565. The Labute approximate surface area is 126 Å². The summed E-state index contributed by atoms with van der Waals surface area (Å²) < 4.78 is 32.3. The molecule has 0 aliphatic heterocycles. The normalized spacial score (nSPS) is 10.6. The van der Waals surface area contributed by atoms with Crippen LogP contribution in [0.3, 0.4) is 0 Å². The van der Waals surface area contributed by atoms with Crippen LogP contribution in [0.25, 0.3) is 0 Å². The molecule has 2 rings (SSSR count). The quantitative estimate of drug-likeness (QED) is 0.568. The zero-order chi connectivity index (χ0) is 14.2. The highest BCUT2D eigenvalue weighted by Crippen LogP contribution is 2.38. The van der Waals surface area contributed by atoms with E-state index in [-0.39, 0.29) is 22.2 Å². The van der Waals surface area contributed by atoms with E-state index in [1.54, 1.807) is 0 Å². The topological polar surface area (TPSA) is 35.2 Å². The highest BCUT2D eigenvalue weighted by molar-refractivity contribution is 9.10. The third kappa shape index (κ3) is 3.11. The van der Waals surface area contributed by atoms with Gasteiger partial charge in [-0.3, -0.25) is 0 Å². The molecule has 0 aromatic heterocycles. The van der Waals surface area contributed by atoms with Crippen LogP contribution < -0.4 is 10.5 Å².